The van der Waals surface area contributed by atoms with E-state index in [2.05, 4.69) is 5.32 Å². The van der Waals surface area contributed by atoms with Gasteiger partial charge in [-0.3, -0.25) is 10.1 Å². The number of halogens is 1. The van der Waals surface area contributed by atoms with Crippen LogP contribution in [0.15, 0.2) is 36.4 Å². The van der Waals surface area contributed by atoms with Crippen LogP contribution in [0.5, 0.6) is 5.75 Å². The molecule has 0 spiro atoms. The Hall–Kier alpha value is -2.27. The van der Waals surface area contributed by atoms with Crippen LogP contribution in [0.4, 0.5) is 11.4 Å². The minimum absolute atomic E-state index is 0.0453. The predicted molar refractivity (Wildman–Crippen MR) is 80.9 cm³/mol. The summed E-state index contributed by atoms with van der Waals surface area (Å²) < 4.78 is 0. The molecule has 1 aliphatic carbocycles. The van der Waals surface area contributed by atoms with Crippen LogP contribution < -0.4 is 5.32 Å². The molecular weight excluding hydrogens is 292 g/mol. The van der Waals surface area contributed by atoms with Gasteiger partial charge in [0.05, 0.1) is 11.0 Å². The molecule has 6 heteroatoms. The summed E-state index contributed by atoms with van der Waals surface area (Å²) in [5.74, 6) is 0.280. The van der Waals surface area contributed by atoms with Gasteiger partial charge in [0, 0.05) is 11.1 Å². The van der Waals surface area contributed by atoms with E-state index in [4.69, 9.17) is 11.6 Å². The first-order valence-corrected chi connectivity index (χ1v) is 6.95. The lowest BCUT2D eigenvalue weighted by Crippen LogP contribution is -2.08. The number of nitrogens with zero attached hydrogens (tertiary/aromatic N) is 1. The van der Waals surface area contributed by atoms with E-state index in [1.165, 1.54) is 6.07 Å². The Morgan fingerprint density at radius 2 is 2.14 bits per heavy atom. The van der Waals surface area contributed by atoms with Crippen molar-refractivity contribution in [1.29, 1.82) is 0 Å². The fourth-order valence-corrected chi connectivity index (χ4v) is 2.92. The largest absolute Gasteiger partial charge is 0.508 e. The Balaban J connectivity index is 1.93. The molecule has 0 aromatic heterocycles. The lowest BCUT2D eigenvalue weighted by atomic mass is 10.1. The number of hydrogen-bond acceptors (Lipinski definition) is 4. The Morgan fingerprint density at radius 1 is 1.33 bits per heavy atom. The van der Waals surface area contributed by atoms with Gasteiger partial charge in [0.2, 0.25) is 0 Å². The van der Waals surface area contributed by atoms with Gasteiger partial charge in [0.1, 0.15) is 11.4 Å². The standard InChI is InChI=1S/C15H13ClN2O3/c16-9-4-6-13(14(8-9)18(20)21)17-12-7-5-11-10(12)2-1-3-15(11)19/h1-4,6,8,12,17,19H,5,7H2. The van der Waals surface area contributed by atoms with Crippen molar-refractivity contribution in [2.75, 3.05) is 5.32 Å². The van der Waals surface area contributed by atoms with E-state index in [0.29, 0.717) is 10.7 Å². The number of nitro benzene ring substituents is 1. The van der Waals surface area contributed by atoms with Crippen LogP contribution in [0.25, 0.3) is 0 Å². The number of hydrogen-bond donors (Lipinski definition) is 2. The molecular formula is C15H13ClN2O3. The number of nitro groups is 1. The molecule has 0 saturated heterocycles. The number of phenols is 1. The van der Waals surface area contributed by atoms with Crippen molar-refractivity contribution in [1.82, 2.24) is 0 Å². The van der Waals surface area contributed by atoms with Gasteiger partial charge in [-0.15, -0.1) is 0 Å². The van der Waals surface area contributed by atoms with E-state index >= 15 is 0 Å². The second kappa shape index (κ2) is 5.26. The molecule has 21 heavy (non-hydrogen) atoms. The first kappa shape index (κ1) is 13.7. The number of anilines is 1. The summed E-state index contributed by atoms with van der Waals surface area (Å²) in [5, 5.41) is 24.5. The van der Waals surface area contributed by atoms with Crippen molar-refractivity contribution in [2.45, 2.75) is 18.9 Å². The van der Waals surface area contributed by atoms with Gasteiger partial charge in [-0.05, 0) is 42.2 Å². The summed E-state index contributed by atoms with van der Waals surface area (Å²) >= 11 is 5.81. The molecule has 0 radical (unpaired) electrons. The minimum atomic E-state index is -0.452. The monoisotopic (exact) mass is 304 g/mol. The quantitative estimate of drug-likeness (QED) is 0.662. The fourth-order valence-electron chi connectivity index (χ4n) is 2.75. The van der Waals surface area contributed by atoms with Gasteiger partial charge < -0.3 is 10.4 Å². The van der Waals surface area contributed by atoms with Crippen LogP contribution in [0, 0.1) is 10.1 Å². The van der Waals surface area contributed by atoms with Gasteiger partial charge in [-0.1, -0.05) is 23.7 Å². The zero-order valence-corrected chi connectivity index (χ0v) is 11.8. The molecule has 1 aliphatic rings. The van der Waals surface area contributed by atoms with Crippen LogP contribution in [0.2, 0.25) is 5.02 Å². The first-order chi connectivity index (χ1) is 10.1. The van der Waals surface area contributed by atoms with Crippen molar-refractivity contribution in [3.63, 3.8) is 0 Å². The van der Waals surface area contributed by atoms with Gasteiger partial charge in [-0.2, -0.15) is 0 Å². The highest BCUT2D eigenvalue weighted by Crippen LogP contribution is 2.40. The van der Waals surface area contributed by atoms with E-state index < -0.39 is 4.92 Å². The van der Waals surface area contributed by atoms with E-state index in [0.717, 1.165) is 24.0 Å². The minimum Gasteiger partial charge on any atom is -0.508 e. The fraction of sp³-hybridized carbons (Fsp3) is 0.200. The number of fused-ring (bicyclic) bond motifs is 1. The average molecular weight is 305 g/mol. The molecule has 2 N–H and O–H groups in total. The molecule has 108 valence electrons. The number of rotatable bonds is 3. The van der Waals surface area contributed by atoms with E-state index in [1.807, 2.05) is 6.07 Å². The van der Waals surface area contributed by atoms with Gasteiger partial charge >= 0.3 is 0 Å². The lowest BCUT2D eigenvalue weighted by molar-refractivity contribution is -0.384. The van der Waals surface area contributed by atoms with Gasteiger partial charge in [-0.25, -0.2) is 0 Å². The van der Waals surface area contributed by atoms with Crippen LogP contribution in [-0.2, 0) is 6.42 Å². The molecule has 2 aromatic carbocycles. The van der Waals surface area contributed by atoms with Crippen LogP contribution in [0.1, 0.15) is 23.6 Å². The van der Waals surface area contributed by atoms with E-state index in [1.54, 1.807) is 24.3 Å². The van der Waals surface area contributed by atoms with Crippen LogP contribution in [0.3, 0.4) is 0 Å². The molecule has 1 atom stereocenters. The van der Waals surface area contributed by atoms with Crippen molar-refractivity contribution in [3.8, 4) is 5.75 Å². The highest BCUT2D eigenvalue weighted by atomic mass is 35.5. The Morgan fingerprint density at radius 3 is 2.90 bits per heavy atom. The normalized spacial score (nSPS) is 16.5. The average Bonchev–Trinajstić information content (AvgIpc) is 2.85. The smallest absolute Gasteiger partial charge is 0.293 e. The Kier molecular flexibility index (Phi) is 3.43. The summed E-state index contributed by atoms with van der Waals surface area (Å²) in [6.07, 6.45) is 1.54. The summed E-state index contributed by atoms with van der Waals surface area (Å²) in [4.78, 5) is 10.7. The summed E-state index contributed by atoms with van der Waals surface area (Å²) in [6, 6.07) is 9.89. The maximum absolute atomic E-state index is 11.1. The summed E-state index contributed by atoms with van der Waals surface area (Å²) in [7, 11) is 0. The SMILES string of the molecule is O=[N+]([O-])c1cc(Cl)ccc1NC1CCc2c(O)cccc21. The van der Waals surface area contributed by atoms with Crippen LogP contribution >= 0.6 is 11.6 Å². The van der Waals surface area contributed by atoms with Gasteiger partial charge in [0.15, 0.2) is 0 Å². The van der Waals surface area contributed by atoms with Crippen molar-refractivity contribution in [2.24, 2.45) is 0 Å². The number of aromatic hydroxyl groups is 1. The third-order valence-corrected chi connectivity index (χ3v) is 3.97. The number of nitrogens with one attached hydrogen (secondary N) is 1. The van der Waals surface area contributed by atoms with E-state index in [-0.39, 0.29) is 17.5 Å². The zero-order valence-electron chi connectivity index (χ0n) is 11.0. The lowest BCUT2D eigenvalue weighted by Gasteiger charge is -2.15. The summed E-state index contributed by atoms with van der Waals surface area (Å²) in [5.41, 5.74) is 2.28. The second-order valence-corrected chi connectivity index (χ2v) is 5.44. The second-order valence-electron chi connectivity index (χ2n) is 5.00. The Bertz CT molecular complexity index is 718. The molecule has 0 bridgehead atoms. The van der Waals surface area contributed by atoms with E-state index in [9.17, 15) is 15.2 Å². The Labute approximate surface area is 126 Å². The van der Waals surface area contributed by atoms with Crippen LogP contribution in [-0.4, -0.2) is 10.0 Å². The van der Waals surface area contributed by atoms with Crippen molar-refractivity contribution < 1.29 is 10.0 Å². The predicted octanol–water partition coefficient (Wildman–Crippen LogP) is 4.05. The molecule has 0 saturated carbocycles. The topological polar surface area (TPSA) is 75.4 Å². The molecule has 0 aliphatic heterocycles. The molecule has 0 heterocycles. The third kappa shape index (κ3) is 2.52. The summed E-state index contributed by atoms with van der Waals surface area (Å²) in [6.45, 7) is 0. The number of phenolic OH excluding ortho intramolecular Hbond substituents is 1. The maximum Gasteiger partial charge on any atom is 0.293 e. The molecule has 5 nitrogen and oxygen atoms in total. The van der Waals surface area contributed by atoms with Crippen molar-refractivity contribution >= 4 is 23.0 Å². The molecule has 0 fully saturated rings. The molecule has 2 aromatic rings. The maximum atomic E-state index is 11.1. The molecule has 3 rings (SSSR count). The highest BCUT2D eigenvalue weighted by molar-refractivity contribution is 6.30. The molecule has 0 amide bonds. The third-order valence-electron chi connectivity index (χ3n) is 3.73. The molecule has 1 unspecified atom stereocenters. The zero-order chi connectivity index (χ0) is 15.0. The number of benzene rings is 2. The first-order valence-electron chi connectivity index (χ1n) is 6.57. The highest BCUT2D eigenvalue weighted by Gasteiger charge is 2.26. The van der Waals surface area contributed by atoms with Crippen molar-refractivity contribution in [3.05, 3.63) is 62.7 Å². The van der Waals surface area contributed by atoms with Gasteiger partial charge in [0.25, 0.3) is 5.69 Å².